The maximum atomic E-state index is 11.1. The van der Waals surface area contributed by atoms with Crippen LogP contribution in [0, 0.1) is 0 Å². The Morgan fingerprint density at radius 2 is 1.37 bits per heavy atom. The quantitative estimate of drug-likeness (QED) is 0.244. The molecule has 0 heterocycles. The second-order valence-corrected chi connectivity index (χ2v) is 3.10. The van der Waals surface area contributed by atoms with Gasteiger partial charge in [-0.05, 0) is 0 Å². The van der Waals surface area contributed by atoms with Gasteiger partial charge in [0, 0.05) is 12.2 Å². The first-order valence-corrected chi connectivity index (χ1v) is 4.44. The molecule has 104 valence electrons. The van der Waals surface area contributed by atoms with Crippen LogP contribution in [0.4, 0.5) is 0 Å². The number of esters is 1. The fourth-order valence-corrected chi connectivity index (χ4v) is 0.924. The van der Waals surface area contributed by atoms with Gasteiger partial charge in [0.1, 0.15) is 6.42 Å². The molecule has 0 fully saturated rings. The standard InChI is InChI=1S/C9H8O10/c10-4(11)1-2-6(14)19-9(7(15)16,8(17)18)3-5(12)13/h1-2H,3H2,(H,10,11)(H,12,13)(H,15,16)(H,17,18)/b2-1-. The van der Waals surface area contributed by atoms with Gasteiger partial charge in [-0.25, -0.2) is 19.2 Å². The van der Waals surface area contributed by atoms with Crippen LogP contribution in [0.15, 0.2) is 12.2 Å². The van der Waals surface area contributed by atoms with Gasteiger partial charge in [0.25, 0.3) is 0 Å². The van der Waals surface area contributed by atoms with Crippen molar-refractivity contribution in [3.8, 4) is 0 Å². The monoisotopic (exact) mass is 276 g/mol. The molecule has 10 heteroatoms. The van der Waals surface area contributed by atoms with Gasteiger partial charge in [-0.15, -0.1) is 0 Å². The molecule has 0 spiro atoms. The smallest absolute Gasteiger partial charge is 0.360 e. The highest BCUT2D eigenvalue weighted by atomic mass is 16.6. The Morgan fingerprint density at radius 1 is 0.895 bits per heavy atom. The molecule has 0 aliphatic rings. The van der Waals surface area contributed by atoms with Crippen molar-refractivity contribution in [3.63, 3.8) is 0 Å². The van der Waals surface area contributed by atoms with Crippen LogP contribution in [0.3, 0.4) is 0 Å². The zero-order valence-electron chi connectivity index (χ0n) is 9.10. The van der Waals surface area contributed by atoms with E-state index in [1.165, 1.54) is 0 Å². The maximum absolute atomic E-state index is 11.1. The van der Waals surface area contributed by atoms with E-state index in [2.05, 4.69) is 4.74 Å². The Balaban J connectivity index is 5.31. The molecule has 0 unspecified atom stereocenters. The molecule has 0 amide bonds. The van der Waals surface area contributed by atoms with E-state index in [4.69, 9.17) is 20.4 Å². The summed E-state index contributed by atoms with van der Waals surface area (Å²) in [4.78, 5) is 53.2. The van der Waals surface area contributed by atoms with Crippen LogP contribution in [0.25, 0.3) is 0 Å². The second-order valence-electron chi connectivity index (χ2n) is 3.10. The van der Waals surface area contributed by atoms with Gasteiger partial charge < -0.3 is 25.2 Å². The van der Waals surface area contributed by atoms with Crippen molar-refractivity contribution in [2.24, 2.45) is 0 Å². The van der Waals surface area contributed by atoms with Gasteiger partial charge in [0.05, 0.1) is 0 Å². The third-order valence-electron chi connectivity index (χ3n) is 1.73. The zero-order valence-corrected chi connectivity index (χ0v) is 9.10. The minimum atomic E-state index is -3.33. The predicted octanol–water partition coefficient (Wildman–Crippen LogP) is -1.45. The minimum absolute atomic E-state index is 0.255. The maximum Gasteiger partial charge on any atom is 0.360 e. The highest BCUT2D eigenvalue weighted by molar-refractivity contribution is 6.07. The van der Waals surface area contributed by atoms with Crippen LogP contribution in [0.2, 0.25) is 0 Å². The summed E-state index contributed by atoms with van der Waals surface area (Å²) < 4.78 is 4.05. The van der Waals surface area contributed by atoms with Crippen LogP contribution >= 0.6 is 0 Å². The predicted molar refractivity (Wildman–Crippen MR) is 53.1 cm³/mol. The molecule has 0 saturated carbocycles. The largest absolute Gasteiger partial charge is 0.481 e. The number of carbonyl (C=O) groups is 5. The molecule has 0 aromatic rings. The number of rotatable bonds is 7. The lowest BCUT2D eigenvalue weighted by Gasteiger charge is -2.22. The molecule has 0 aliphatic heterocycles. The van der Waals surface area contributed by atoms with E-state index in [-0.39, 0.29) is 12.2 Å². The zero-order chi connectivity index (χ0) is 15.2. The van der Waals surface area contributed by atoms with Crippen molar-refractivity contribution < 1.29 is 49.1 Å². The number of ether oxygens (including phenoxy) is 1. The molecular formula is C9H8O10. The van der Waals surface area contributed by atoms with Gasteiger partial charge in [-0.3, -0.25) is 4.79 Å². The highest BCUT2D eigenvalue weighted by Gasteiger charge is 2.52. The van der Waals surface area contributed by atoms with Crippen molar-refractivity contribution in [1.29, 1.82) is 0 Å². The summed E-state index contributed by atoms with van der Waals surface area (Å²) in [5.41, 5.74) is -3.33. The topological polar surface area (TPSA) is 175 Å². The molecule has 0 bridgehead atoms. The number of hydrogen-bond acceptors (Lipinski definition) is 6. The molecule has 0 saturated heterocycles. The normalized spacial score (nSPS) is 10.9. The third-order valence-corrected chi connectivity index (χ3v) is 1.73. The van der Waals surface area contributed by atoms with Gasteiger partial charge in [-0.1, -0.05) is 0 Å². The van der Waals surface area contributed by atoms with E-state index in [1.807, 2.05) is 0 Å². The van der Waals surface area contributed by atoms with Gasteiger partial charge in [-0.2, -0.15) is 0 Å². The molecular weight excluding hydrogens is 268 g/mol. The van der Waals surface area contributed by atoms with Crippen molar-refractivity contribution in [1.82, 2.24) is 0 Å². The van der Waals surface area contributed by atoms with Crippen LogP contribution in [0.1, 0.15) is 6.42 Å². The van der Waals surface area contributed by atoms with E-state index < -0.39 is 41.9 Å². The molecule has 19 heavy (non-hydrogen) atoms. The number of carbonyl (C=O) groups excluding carboxylic acids is 1. The molecule has 10 nitrogen and oxygen atoms in total. The van der Waals surface area contributed by atoms with Crippen molar-refractivity contribution in [3.05, 3.63) is 12.2 Å². The summed E-state index contributed by atoms with van der Waals surface area (Å²) >= 11 is 0. The minimum Gasteiger partial charge on any atom is -0.481 e. The van der Waals surface area contributed by atoms with Gasteiger partial charge in [0.15, 0.2) is 0 Å². The lowest BCUT2D eigenvalue weighted by Crippen LogP contribution is -2.51. The Hall–Kier alpha value is -2.91. The van der Waals surface area contributed by atoms with Gasteiger partial charge in [0.2, 0.25) is 0 Å². The van der Waals surface area contributed by atoms with E-state index in [9.17, 15) is 24.0 Å². The lowest BCUT2D eigenvalue weighted by atomic mass is 10.00. The number of carboxylic acid groups (broad SMARTS) is 4. The van der Waals surface area contributed by atoms with Crippen LogP contribution < -0.4 is 0 Å². The summed E-state index contributed by atoms with van der Waals surface area (Å²) in [6, 6.07) is 0. The Kier molecular flexibility index (Phi) is 5.20. The fraction of sp³-hybridized carbons (Fsp3) is 0.222. The summed E-state index contributed by atoms with van der Waals surface area (Å²) in [6.45, 7) is 0. The first-order chi connectivity index (χ1) is 8.61. The Bertz CT molecular complexity index is 446. The number of hydrogen-bond donors (Lipinski definition) is 4. The SMILES string of the molecule is O=C(O)/C=C\C(=O)OC(CC(=O)O)(C(=O)O)C(=O)O. The average Bonchev–Trinajstić information content (AvgIpc) is 2.23. The summed E-state index contributed by atoms with van der Waals surface area (Å²) in [7, 11) is 0. The second kappa shape index (κ2) is 6.14. The molecule has 0 aromatic heterocycles. The first-order valence-electron chi connectivity index (χ1n) is 4.44. The molecule has 0 atom stereocenters. The number of aliphatic carboxylic acids is 4. The van der Waals surface area contributed by atoms with E-state index in [1.54, 1.807) is 0 Å². The summed E-state index contributed by atoms with van der Waals surface area (Å²) in [5.74, 6) is -9.43. The average molecular weight is 276 g/mol. The molecule has 0 radical (unpaired) electrons. The van der Waals surface area contributed by atoms with E-state index in [0.29, 0.717) is 0 Å². The van der Waals surface area contributed by atoms with E-state index >= 15 is 0 Å². The van der Waals surface area contributed by atoms with Crippen LogP contribution in [-0.4, -0.2) is 55.9 Å². The van der Waals surface area contributed by atoms with Crippen molar-refractivity contribution >= 4 is 29.8 Å². The van der Waals surface area contributed by atoms with E-state index in [0.717, 1.165) is 0 Å². The Morgan fingerprint density at radius 3 is 1.68 bits per heavy atom. The third kappa shape index (κ3) is 4.46. The first kappa shape index (κ1) is 16.1. The molecule has 4 N–H and O–H groups in total. The summed E-state index contributed by atoms with van der Waals surface area (Å²) in [6.07, 6.45) is -0.993. The summed E-state index contributed by atoms with van der Waals surface area (Å²) in [5, 5.41) is 34.1. The highest BCUT2D eigenvalue weighted by Crippen LogP contribution is 2.18. The van der Waals surface area contributed by atoms with Crippen molar-refractivity contribution in [2.75, 3.05) is 0 Å². The molecule has 0 aliphatic carbocycles. The fourth-order valence-electron chi connectivity index (χ4n) is 0.924. The Labute approximate surface area is 104 Å². The lowest BCUT2D eigenvalue weighted by molar-refractivity contribution is -0.191. The van der Waals surface area contributed by atoms with Crippen molar-refractivity contribution in [2.45, 2.75) is 12.0 Å². The molecule has 0 aromatic carbocycles. The van der Waals surface area contributed by atoms with Gasteiger partial charge >= 0.3 is 35.4 Å². The number of carboxylic acids is 4. The molecule has 0 rings (SSSR count). The van der Waals surface area contributed by atoms with Crippen LogP contribution in [0.5, 0.6) is 0 Å². The van der Waals surface area contributed by atoms with Crippen LogP contribution in [-0.2, 0) is 28.7 Å².